The van der Waals surface area contributed by atoms with Crippen LogP contribution in [0.2, 0.25) is 0 Å². The normalized spacial score (nSPS) is 16.2. The number of hydrogen-bond donors (Lipinski definition) is 0. The fourth-order valence-corrected chi connectivity index (χ4v) is 4.29. The molecule has 0 saturated heterocycles. The molecule has 1 amide bonds. The first-order chi connectivity index (χ1) is 15.6. The van der Waals surface area contributed by atoms with Crippen LogP contribution in [0.4, 0.5) is 10.8 Å². The molecule has 4 aromatic rings. The van der Waals surface area contributed by atoms with E-state index in [1.807, 2.05) is 72.1 Å². The summed E-state index contributed by atoms with van der Waals surface area (Å²) in [5.41, 5.74) is 3.01. The van der Waals surface area contributed by atoms with Gasteiger partial charge < -0.3 is 4.74 Å². The van der Waals surface area contributed by atoms with Crippen molar-refractivity contribution in [2.24, 2.45) is 15.3 Å². The van der Waals surface area contributed by atoms with Crippen LogP contribution in [0.3, 0.4) is 0 Å². The molecule has 32 heavy (non-hydrogen) atoms. The van der Waals surface area contributed by atoms with Crippen molar-refractivity contribution in [3.05, 3.63) is 72.1 Å². The molecule has 0 radical (unpaired) electrons. The van der Waals surface area contributed by atoms with Gasteiger partial charge in [0.25, 0.3) is 5.91 Å². The number of benzene rings is 3. The zero-order valence-corrected chi connectivity index (χ0v) is 18.3. The summed E-state index contributed by atoms with van der Waals surface area (Å²) in [4.78, 5) is 17.6. The van der Waals surface area contributed by atoms with Gasteiger partial charge in [-0.2, -0.15) is 20.3 Å². The van der Waals surface area contributed by atoms with Crippen molar-refractivity contribution in [1.82, 2.24) is 4.98 Å². The Morgan fingerprint density at radius 2 is 1.81 bits per heavy atom. The van der Waals surface area contributed by atoms with Gasteiger partial charge in [-0.15, -0.1) is 11.3 Å². The maximum atomic E-state index is 13.0. The molecule has 1 aliphatic rings. The van der Waals surface area contributed by atoms with Crippen molar-refractivity contribution < 1.29 is 9.53 Å². The molecule has 0 aliphatic carbocycles. The largest absolute Gasteiger partial charge is 0.497 e. The number of amides is 1. The van der Waals surface area contributed by atoms with Gasteiger partial charge in [0.1, 0.15) is 5.75 Å². The number of azo groups is 1. The fourth-order valence-electron chi connectivity index (χ4n) is 3.50. The van der Waals surface area contributed by atoms with Gasteiger partial charge in [0.05, 0.1) is 24.2 Å². The average molecular weight is 442 g/mol. The number of fused-ring (bicyclic) bond motifs is 1. The van der Waals surface area contributed by atoms with E-state index in [-0.39, 0.29) is 5.91 Å². The van der Waals surface area contributed by atoms with Crippen molar-refractivity contribution in [3.63, 3.8) is 0 Å². The Morgan fingerprint density at radius 3 is 2.62 bits per heavy atom. The van der Waals surface area contributed by atoms with E-state index in [9.17, 15) is 4.79 Å². The van der Waals surface area contributed by atoms with Crippen LogP contribution in [0, 0.1) is 0 Å². The van der Waals surface area contributed by atoms with E-state index in [2.05, 4.69) is 20.3 Å². The van der Waals surface area contributed by atoms with Gasteiger partial charge >= 0.3 is 0 Å². The Kier molecular flexibility index (Phi) is 5.20. The van der Waals surface area contributed by atoms with E-state index in [1.54, 1.807) is 14.0 Å². The van der Waals surface area contributed by atoms with Gasteiger partial charge in [0.2, 0.25) is 5.13 Å². The summed E-state index contributed by atoms with van der Waals surface area (Å²) in [6.45, 7) is 1.78. The first-order valence-electron chi connectivity index (χ1n) is 10.0. The van der Waals surface area contributed by atoms with Crippen LogP contribution in [0.1, 0.15) is 6.92 Å². The van der Waals surface area contributed by atoms with Crippen LogP contribution in [-0.2, 0) is 4.79 Å². The van der Waals surface area contributed by atoms with Gasteiger partial charge in [0, 0.05) is 16.3 Å². The molecule has 158 valence electrons. The van der Waals surface area contributed by atoms with Crippen LogP contribution >= 0.6 is 11.3 Å². The summed E-state index contributed by atoms with van der Waals surface area (Å²) in [5.74, 6) is 0.515. The van der Waals surface area contributed by atoms with Crippen molar-refractivity contribution >= 4 is 44.5 Å². The molecule has 0 fully saturated rings. The molecule has 0 saturated carbocycles. The Labute approximate surface area is 188 Å². The van der Waals surface area contributed by atoms with Crippen molar-refractivity contribution in [2.45, 2.75) is 13.0 Å². The lowest BCUT2D eigenvalue weighted by atomic mass is 10.1. The summed E-state index contributed by atoms with van der Waals surface area (Å²) in [6, 6.07) is 20.6. The molecule has 1 aromatic heterocycles. The van der Waals surface area contributed by atoms with Gasteiger partial charge in [-0.1, -0.05) is 36.4 Å². The van der Waals surface area contributed by atoms with Crippen LogP contribution in [0.5, 0.6) is 5.75 Å². The smallest absolute Gasteiger partial charge is 0.282 e. The van der Waals surface area contributed by atoms with Gasteiger partial charge in [-0.25, -0.2) is 4.98 Å². The first kappa shape index (κ1) is 20.0. The zero-order valence-electron chi connectivity index (χ0n) is 17.5. The number of hydrogen-bond acceptors (Lipinski definition) is 7. The third-order valence-electron chi connectivity index (χ3n) is 5.20. The third-order valence-corrected chi connectivity index (χ3v) is 6.02. The molecule has 5 rings (SSSR count). The molecule has 3 aromatic carbocycles. The lowest BCUT2D eigenvalue weighted by molar-refractivity contribution is -0.117. The second-order valence-corrected chi connectivity index (χ2v) is 8.09. The maximum absolute atomic E-state index is 13.0. The van der Waals surface area contributed by atoms with E-state index in [0.29, 0.717) is 10.8 Å². The van der Waals surface area contributed by atoms with E-state index >= 15 is 0 Å². The predicted molar refractivity (Wildman–Crippen MR) is 127 cm³/mol. The summed E-state index contributed by atoms with van der Waals surface area (Å²) >= 11 is 1.36. The number of hydrazone groups is 1. The highest BCUT2D eigenvalue weighted by Gasteiger charge is 2.36. The Bertz CT molecular complexity index is 1360. The number of carbonyl (C=O) groups excluding carboxylic acids is 1. The molecule has 0 bridgehead atoms. The Morgan fingerprint density at radius 1 is 1.03 bits per heavy atom. The minimum atomic E-state index is -0.762. The maximum Gasteiger partial charge on any atom is 0.282 e. The Hall–Kier alpha value is -3.91. The number of nitrogens with zero attached hydrogens (tertiary/aromatic N) is 5. The number of aromatic nitrogens is 1. The fraction of sp³-hybridized carbons (Fsp3) is 0.125. The highest BCUT2D eigenvalue weighted by molar-refractivity contribution is 7.14. The quantitative estimate of drug-likeness (QED) is 0.365. The first-order valence-corrected chi connectivity index (χ1v) is 10.9. The van der Waals surface area contributed by atoms with Crippen LogP contribution < -0.4 is 9.75 Å². The number of rotatable bonds is 5. The highest BCUT2D eigenvalue weighted by atomic mass is 32.1. The molecule has 0 spiro atoms. The number of carbonyl (C=O) groups is 1. The topological polar surface area (TPSA) is 79.5 Å². The van der Waals surface area contributed by atoms with Crippen molar-refractivity contribution in [2.75, 3.05) is 12.1 Å². The lowest BCUT2D eigenvalue weighted by Crippen LogP contribution is -2.29. The second kappa shape index (κ2) is 8.32. The van der Waals surface area contributed by atoms with Crippen LogP contribution in [-0.4, -0.2) is 29.8 Å². The number of anilines is 1. The molecule has 7 nitrogen and oxygen atoms in total. The molecular weight excluding hydrogens is 422 g/mol. The molecule has 8 heteroatoms. The van der Waals surface area contributed by atoms with E-state index in [1.165, 1.54) is 16.3 Å². The van der Waals surface area contributed by atoms with E-state index in [4.69, 9.17) is 4.74 Å². The molecule has 2 heterocycles. The monoisotopic (exact) mass is 441 g/mol. The molecular formula is C24H19N5O2S. The number of thiazole rings is 1. The van der Waals surface area contributed by atoms with Crippen molar-refractivity contribution in [1.29, 1.82) is 0 Å². The minimum Gasteiger partial charge on any atom is -0.497 e. The highest BCUT2D eigenvalue weighted by Crippen LogP contribution is 2.32. The van der Waals surface area contributed by atoms with E-state index < -0.39 is 6.04 Å². The SMILES string of the molecule is COc1ccc(-c2csc(N3N=C(C)C(N=Nc4cccc5ccccc45)C3=O)n2)cc1. The summed E-state index contributed by atoms with van der Waals surface area (Å²) < 4.78 is 5.20. The molecule has 0 N–H and O–H groups in total. The van der Waals surface area contributed by atoms with E-state index in [0.717, 1.165) is 33.5 Å². The Balaban J connectivity index is 1.38. The summed E-state index contributed by atoms with van der Waals surface area (Å²) in [6.07, 6.45) is 0. The average Bonchev–Trinajstić information content (AvgIpc) is 3.42. The summed E-state index contributed by atoms with van der Waals surface area (Å²) in [5, 5.41) is 18.9. The molecule has 1 aliphatic heterocycles. The zero-order chi connectivity index (χ0) is 22.1. The van der Waals surface area contributed by atoms with Gasteiger partial charge in [-0.05, 0) is 42.6 Å². The number of methoxy groups -OCH3 is 1. The number of ether oxygens (including phenoxy) is 1. The predicted octanol–water partition coefficient (Wildman–Crippen LogP) is 5.85. The summed E-state index contributed by atoms with van der Waals surface area (Å²) in [7, 11) is 1.63. The standard InChI is InChI=1S/C24H19N5O2S/c1-15-22(27-26-20-9-5-7-16-6-3-4-8-19(16)20)23(30)29(28-15)24-25-21(14-32-24)17-10-12-18(31-2)13-11-17/h3-14,22H,1-2H3. The van der Waals surface area contributed by atoms with Crippen molar-refractivity contribution in [3.8, 4) is 17.0 Å². The molecule has 1 atom stereocenters. The van der Waals surface area contributed by atoms with Gasteiger partial charge in [0.15, 0.2) is 6.04 Å². The lowest BCUT2D eigenvalue weighted by Gasteiger charge is -2.08. The molecule has 1 unspecified atom stereocenters. The second-order valence-electron chi connectivity index (χ2n) is 7.25. The van der Waals surface area contributed by atoms with Crippen LogP contribution in [0.25, 0.3) is 22.0 Å². The third kappa shape index (κ3) is 3.65. The van der Waals surface area contributed by atoms with Crippen LogP contribution in [0.15, 0.2) is 87.4 Å². The van der Waals surface area contributed by atoms with Gasteiger partial charge in [-0.3, -0.25) is 4.79 Å². The minimum absolute atomic E-state index is 0.262.